The summed E-state index contributed by atoms with van der Waals surface area (Å²) in [4.78, 5) is 38.2. The van der Waals surface area contributed by atoms with Crippen LogP contribution in [0.5, 0.6) is 23.0 Å². The van der Waals surface area contributed by atoms with Gasteiger partial charge in [0, 0.05) is 22.6 Å². The fourth-order valence-corrected chi connectivity index (χ4v) is 3.07. The predicted octanol–water partition coefficient (Wildman–Crippen LogP) is 3.71. The number of Topliss-reactive ketones (excluding diaryl/α,β-unsaturated/α-hetero) is 2. The molecule has 0 unspecified atom stereocenters. The molecule has 0 aliphatic rings. The molecule has 8 nitrogen and oxygen atoms in total. The first-order valence-electron chi connectivity index (χ1n) is 9.65. The van der Waals surface area contributed by atoms with Crippen molar-refractivity contribution in [3.05, 3.63) is 41.0 Å². The van der Waals surface area contributed by atoms with E-state index in [9.17, 15) is 24.6 Å². The third-order valence-electron chi connectivity index (χ3n) is 4.84. The Morgan fingerprint density at radius 2 is 1.35 bits per heavy atom. The van der Waals surface area contributed by atoms with Crippen LogP contribution in [0.4, 0.5) is 5.69 Å². The van der Waals surface area contributed by atoms with Crippen molar-refractivity contribution in [1.82, 2.24) is 0 Å². The van der Waals surface area contributed by atoms with Gasteiger partial charge in [-0.3, -0.25) is 14.4 Å². The van der Waals surface area contributed by atoms with Gasteiger partial charge in [0.15, 0.2) is 34.6 Å². The number of ether oxygens (including phenoxy) is 2. The van der Waals surface area contributed by atoms with Crippen LogP contribution in [-0.2, 0) is 11.3 Å². The fraction of sp³-hybridized carbons (Fsp3) is 0.348. The van der Waals surface area contributed by atoms with Crippen LogP contribution in [0.3, 0.4) is 0 Å². The molecule has 2 aromatic carbocycles. The lowest BCUT2D eigenvalue weighted by Crippen LogP contribution is -2.34. The van der Waals surface area contributed by atoms with Crippen molar-refractivity contribution < 1.29 is 34.1 Å². The Morgan fingerprint density at radius 3 is 1.81 bits per heavy atom. The standard InChI is InChI=1S/C23H27NO7/c1-12(2)23(29)24(18-8-16(14(4)26)10-20(31-6)22(18)28)11-17-7-15(13(3)25)9-19(30-5)21(17)27/h7-10,12,27-28H,11H2,1-6H3. The number of carbonyl (C=O) groups is 3. The van der Waals surface area contributed by atoms with Gasteiger partial charge in [-0.05, 0) is 38.1 Å². The van der Waals surface area contributed by atoms with Crippen molar-refractivity contribution in [1.29, 1.82) is 0 Å². The zero-order valence-corrected chi connectivity index (χ0v) is 18.5. The van der Waals surface area contributed by atoms with E-state index in [2.05, 4.69) is 0 Å². The molecule has 0 saturated carbocycles. The summed E-state index contributed by atoms with van der Waals surface area (Å²) in [6.45, 7) is 5.92. The van der Waals surface area contributed by atoms with Crippen LogP contribution in [0.2, 0.25) is 0 Å². The van der Waals surface area contributed by atoms with Gasteiger partial charge in [0.05, 0.1) is 26.5 Å². The number of hydrogen-bond acceptors (Lipinski definition) is 7. The van der Waals surface area contributed by atoms with Gasteiger partial charge < -0.3 is 24.6 Å². The van der Waals surface area contributed by atoms with E-state index in [0.29, 0.717) is 5.56 Å². The molecule has 2 rings (SSSR count). The number of aromatic hydroxyl groups is 2. The zero-order chi connectivity index (χ0) is 23.5. The maximum absolute atomic E-state index is 13.1. The summed E-state index contributed by atoms with van der Waals surface area (Å²) in [5.74, 6) is -1.80. The van der Waals surface area contributed by atoms with Gasteiger partial charge in [0.2, 0.25) is 5.91 Å². The average Bonchev–Trinajstić information content (AvgIpc) is 2.72. The van der Waals surface area contributed by atoms with Crippen LogP contribution >= 0.6 is 0 Å². The molecule has 2 aromatic rings. The first-order chi connectivity index (χ1) is 14.5. The van der Waals surface area contributed by atoms with Gasteiger partial charge >= 0.3 is 0 Å². The minimum Gasteiger partial charge on any atom is -0.504 e. The van der Waals surface area contributed by atoms with Crippen molar-refractivity contribution in [3.63, 3.8) is 0 Å². The first-order valence-corrected chi connectivity index (χ1v) is 9.65. The van der Waals surface area contributed by atoms with Gasteiger partial charge in [0.1, 0.15) is 0 Å². The molecular formula is C23H27NO7. The second-order valence-electron chi connectivity index (χ2n) is 7.42. The second-order valence-corrected chi connectivity index (χ2v) is 7.42. The van der Waals surface area contributed by atoms with Crippen LogP contribution in [0, 0.1) is 5.92 Å². The van der Waals surface area contributed by atoms with Crippen LogP contribution in [0.1, 0.15) is 54.0 Å². The molecule has 0 aliphatic heterocycles. The molecule has 0 saturated heterocycles. The van der Waals surface area contributed by atoms with Gasteiger partial charge in [-0.2, -0.15) is 0 Å². The Labute approximate surface area is 181 Å². The van der Waals surface area contributed by atoms with Crippen LogP contribution in [0.15, 0.2) is 24.3 Å². The summed E-state index contributed by atoms with van der Waals surface area (Å²) in [5.41, 5.74) is 0.825. The summed E-state index contributed by atoms with van der Waals surface area (Å²) in [6.07, 6.45) is 0. The minimum absolute atomic E-state index is 0.0311. The van der Waals surface area contributed by atoms with Crippen molar-refractivity contribution in [2.45, 2.75) is 34.2 Å². The number of amides is 1. The highest BCUT2D eigenvalue weighted by Crippen LogP contribution is 2.41. The zero-order valence-electron chi connectivity index (χ0n) is 18.5. The van der Waals surface area contributed by atoms with Gasteiger partial charge in [0.25, 0.3) is 0 Å². The average molecular weight is 429 g/mol. The highest BCUT2D eigenvalue weighted by molar-refractivity contribution is 6.01. The molecule has 0 bridgehead atoms. The number of benzene rings is 2. The van der Waals surface area contributed by atoms with Crippen LogP contribution in [-0.4, -0.2) is 41.9 Å². The Kier molecular flexibility index (Phi) is 7.28. The summed E-state index contributed by atoms with van der Waals surface area (Å²) >= 11 is 0. The topological polar surface area (TPSA) is 113 Å². The molecule has 166 valence electrons. The molecule has 0 fully saturated rings. The number of phenols is 2. The third-order valence-corrected chi connectivity index (χ3v) is 4.84. The lowest BCUT2D eigenvalue weighted by Gasteiger charge is -2.27. The molecule has 0 spiro atoms. The quantitative estimate of drug-likeness (QED) is 0.615. The van der Waals surface area contributed by atoms with E-state index in [0.717, 1.165) is 0 Å². The van der Waals surface area contributed by atoms with E-state index >= 15 is 0 Å². The molecule has 0 aromatic heterocycles. The maximum Gasteiger partial charge on any atom is 0.229 e. The molecule has 0 heterocycles. The van der Waals surface area contributed by atoms with Crippen molar-refractivity contribution in [2.24, 2.45) is 5.92 Å². The SMILES string of the molecule is COc1cc(C(C)=O)cc(CN(C(=O)C(C)C)c2cc(C(C)=O)cc(OC)c2O)c1O. The monoisotopic (exact) mass is 429 g/mol. The van der Waals surface area contributed by atoms with E-state index in [1.807, 2.05) is 0 Å². The maximum atomic E-state index is 13.1. The summed E-state index contributed by atoms with van der Waals surface area (Å²) in [5, 5.41) is 21.3. The van der Waals surface area contributed by atoms with E-state index < -0.39 is 5.92 Å². The number of ketones is 2. The Hall–Kier alpha value is -3.55. The molecule has 8 heteroatoms. The molecule has 0 radical (unpaired) electrons. The molecule has 2 N–H and O–H groups in total. The second kappa shape index (κ2) is 9.51. The van der Waals surface area contributed by atoms with Crippen molar-refractivity contribution in [2.75, 3.05) is 19.1 Å². The highest BCUT2D eigenvalue weighted by Gasteiger charge is 2.27. The number of rotatable bonds is 8. The van der Waals surface area contributed by atoms with Crippen LogP contribution < -0.4 is 14.4 Å². The Balaban J connectivity index is 2.73. The lowest BCUT2D eigenvalue weighted by atomic mass is 10.0. The van der Waals surface area contributed by atoms with E-state index in [-0.39, 0.29) is 63.8 Å². The minimum atomic E-state index is -0.466. The number of anilines is 1. The molecule has 31 heavy (non-hydrogen) atoms. The number of carbonyl (C=O) groups excluding carboxylic acids is 3. The van der Waals surface area contributed by atoms with Gasteiger partial charge in [-0.1, -0.05) is 13.8 Å². The third kappa shape index (κ3) is 4.96. The lowest BCUT2D eigenvalue weighted by molar-refractivity contribution is -0.121. The Bertz CT molecular complexity index is 1030. The van der Waals surface area contributed by atoms with Crippen molar-refractivity contribution in [3.8, 4) is 23.0 Å². The van der Waals surface area contributed by atoms with Gasteiger partial charge in [-0.25, -0.2) is 0 Å². The molecule has 0 aliphatic carbocycles. The van der Waals surface area contributed by atoms with E-state index in [1.165, 1.54) is 57.2 Å². The summed E-state index contributed by atoms with van der Waals surface area (Å²) < 4.78 is 10.3. The largest absolute Gasteiger partial charge is 0.504 e. The normalized spacial score (nSPS) is 10.7. The number of hydrogen-bond donors (Lipinski definition) is 2. The first kappa shape index (κ1) is 23.7. The smallest absolute Gasteiger partial charge is 0.229 e. The molecule has 0 atom stereocenters. The number of phenolic OH excluding ortho intramolecular Hbond substituents is 2. The van der Waals surface area contributed by atoms with E-state index in [1.54, 1.807) is 13.8 Å². The van der Waals surface area contributed by atoms with Crippen molar-refractivity contribution >= 4 is 23.2 Å². The fourth-order valence-electron chi connectivity index (χ4n) is 3.07. The summed E-state index contributed by atoms with van der Waals surface area (Å²) in [6, 6.07) is 5.65. The predicted molar refractivity (Wildman–Crippen MR) is 115 cm³/mol. The summed E-state index contributed by atoms with van der Waals surface area (Å²) in [7, 11) is 2.69. The Morgan fingerprint density at radius 1 is 0.871 bits per heavy atom. The highest BCUT2D eigenvalue weighted by atomic mass is 16.5. The van der Waals surface area contributed by atoms with Crippen LogP contribution in [0.25, 0.3) is 0 Å². The van der Waals surface area contributed by atoms with E-state index in [4.69, 9.17) is 9.47 Å². The number of methoxy groups -OCH3 is 2. The number of nitrogens with zero attached hydrogens (tertiary/aromatic N) is 1. The molecule has 1 amide bonds. The molecular weight excluding hydrogens is 402 g/mol. The van der Waals surface area contributed by atoms with Gasteiger partial charge in [-0.15, -0.1) is 0 Å².